The van der Waals surface area contributed by atoms with Crippen LogP contribution < -0.4 is 15.5 Å². The molecule has 0 aliphatic carbocycles. The first-order chi connectivity index (χ1) is 13.5. The second-order valence-corrected chi connectivity index (χ2v) is 7.48. The molecule has 0 radical (unpaired) electrons. The van der Waals surface area contributed by atoms with Crippen LogP contribution in [0.2, 0.25) is 0 Å². The SMILES string of the molecule is CCNC(=O)[C@H](C)[NH2+]C[C@H](c1ccc(N(C)C)cc1)c1c[nH]c2ccccc12. The van der Waals surface area contributed by atoms with Crippen molar-refractivity contribution in [3.63, 3.8) is 0 Å². The predicted molar refractivity (Wildman–Crippen MR) is 116 cm³/mol. The molecule has 1 heterocycles. The Morgan fingerprint density at radius 1 is 1.14 bits per heavy atom. The van der Waals surface area contributed by atoms with E-state index in [0.717, 1.165) is 12.1 Å². The molecule has 3 rings (SSSR count). The van der Waals surface area contributed by atoms with Crippen LogP contribution in [0.5, 0.6) is 0 Å². The zero-order valence-electron chi connectivity index (χ0n) is 17.2. The maximum Gasteiger partial charge on any atom is 0.277 e. The Labute approximate surface area is 167 Å². The van der Waals surface area contributed by atoms with Crippen molar-refractivity contribution in [1.82, 2.24) is 10.3 Å². The van der Waals surface area contributed by atoms with E-state index >= 15 is 0 Å². The number of carbonyl (C=O) groups excluding carboxylic acids is 1. The number of quaternary nitrogens is 1. The highest BCUT2D eigenvalue weighted by Gasteiger charge is 2.23. The Balaban J connectivity index is 1.91. The first kappa shape index (κ1) is 20.0. The van der Waals surface area contributed by atoms with Crippen LogP contribution in [0.1, 0.15) is 30.9 Å². The van der Waals surface area contributed by atoms with Crippen LogP contribution in [0, 0.1) is 0 Å². The molecule has 0 saturated heterocycles. The first-order valence-corrected chi connectivity index (χ1v) is 9.95. The molecule has 4 N–H and O–H groups in total. The van der Waals surface area contributed by atoms with E-state index in [9.17, 15) is 4.79 Å². The van der Waals surface area contributed by atoms with Crippen molar-refractivity contribution in [2.75, 3.05) is 32.1 Å². The Bertz CT molecular complexity index is 914. The molecule has 148 valence electrons. The van der Waals surface area contributed by atoms with Gasteiger partial charge in [-0.2, -0.15) is 0 Å². The summed E-state index contributed by atoms with van der Waals surface area (Å²) in [4.78, 5) is 17.7. The predicted octanol–water partition coefficient (Wildman–Crippen LogP) is 2.45. The molecule has 0 unspecified atom stereocenters. The summed E-state index contributed by atoms with van der Waals surface area (Å²) in [6.07, 6.45) is 2.11. The van der Waals surface area contributed by atoms with Crippen LogP contribution in [0.25, 0.3) is 10.9 Å². The van der Waals surface area contributed by atoms with Gasteiger partial charge in [0.2, 0.25) is 0 Å². The average molecular weight is 380 g/mol. The number of anilines is 1. The third-order valence-electron chi connectivity index (χ3n) is 5.30. The molecule has 1 aromatic heterocycles. The number of rotatable bonds is 8. The van der Waals surface area contributed by atoms with Crippen molar-refractivity contribution in [1.29, 1.82) is 0 Å². The number of fused-ring (bicyclic) bond motifs is 1. The summed E-state index contributed by atoms with van der Waals surface area (Å²) >= 11 is 0. The second-order valence-electron chi connectivity index (χ2n) is 7.48. The zero-order valence-corrected chi connectivity index (χ0v) is 17.2. The number of aromatic nitrogens is 1. The number of hydrogen-bond acceptors (Lipinski definition) is 2. The van der Waals surface area contributed by atoms with E-state index in [0.29, 0.717) is 6.54 Å². The van der Waals surface area contributed by atoms with Gasteiger partial charge in [-0.15, -0.1) is 0 Å². The molecule has 3 aromatic rings. The zero-order chi connectivity index (χ0) is 20.1. The number of H-pyrrole nitrogens is 1. The largest absolute Gasteiger partial charge is 0.378 e. The van der Waals surface area contributed by atoms with Gasteiger partial charge in [-0.25, -0.2) is 0 Å². The Morgan fingerprint density at radius 3 is 2.54 bits per heavy atom. The van der Waals surface area contributed by atoms with E-state index in [2.05, 4.69) is 69.2 Å². The van der Waals surface area contributed by atoms with Crippen LogP contribution in [0.4, 0.5) is 5.69 Å². The van der Waals surface area contributed by atoms with E-state index < -0.39 is 0 Å². The fourth-order valence-corrected chi connectivity index (χ4v) is 3.61. The van der Waals surface area contributed by atoms with Gasteiger partial charge < -0.3 is 20.5 Å². The molecule has 0 aliphatic heterocycles. The molecule has 2 atom stereocenters. The highest BCUT2D eigenvalue weighted by Crippen LogP contribution is 2.30. The van der Waals surface area contributed by atoms with Gasteiger partial charge in [-0.05, 0) is 43.2 Å². The fraction of sp³-hybridized carbons (Fsp3) is 0.348. The van der Waals surface area contributed by atoms with E-state index in [1.54, 1.807) is 0 Å². The lowest BCUT2D eigenvalue weighted by atomic mass is 9.90. The number of aromatic amines is 1. The number of para-hydroxylation sites is 1. The summed E-state index contributed by atoms with van der Waals surface area (Å²) in [5.74, 6) is 0.285. The maximum absolute atomic E-state index is 12.2. The standard InChI is InChI=1S/C23H30N4O/c1-5-24-23(28)16(2)25-14-20(17-10-12-18(13-11-17)27(3)4)21-15-26-22-9-7-6-8-19(21)22/h6-13,15-16,20,25-26H,5,14H2,1-4H3,(H,24,28)/p+1/t16-,20+/m0/s1. The molecule has 5 heteroatoms. The lowest BCUT2D eigenvalue weighted by Gasteiger charge is -2.20. The molecule has 0 fully saturated rings. The van der Waals surface area contributed by atoms with Crippen molar-refractivity contribution in [2.45, 2.75) is 25.8 Å². The van der Waals surface area contributed by atoms with Crippen LogP contribution >= 0.6 is 0 Å². The molecular formula is C23H31N4O+. The molecular weight excluding hydrogens is 348 g/mol. The third-order valence-corrected chi connectivity index (χ3v) is 5.30. The number of amides is 1. The number of nitrogens with zero attached hydrogens (tertiary/aromatic N) is 1. The summed E-state index contributed by atoms with van der Waals surface area (Å²) in [7, 11) is 4.10. The number of hydrogen-bond donors (Lipinski definition) is 3. The van der Waals surface area contributed by atoms with Crippen molar-refractivity contribution in [3.05, 3.63) is 65.9 Å². The van der Waals surface area contributed by atoms with Crippen molar-refractivity contribution < 1.29 is 10.1 Å². The van der Waals surface area contributed by atoms with E-state index in [1.807, 2.05) is 34.0 Å². The van der Waals surface area contributed by atoms with Gasteiger partial charge in [-0.3, -0.25) is 4.79 Å². The number of likely N-dealkylation sites (N-methyl/N-ethyl adjacent to an activating group) is 1. The van der Waals surface area contributed by atoms with Gasteiger partial charge in [-0.1, -0.05) is 30.3 Å². The number of nitrogens with two attached hydrogens (primary N) is 1. The van der Waals surface area contributed by atoms with Crippen molar-refractivity contribution in [3.8, 4) is 0 Å². The third kappa shape index (κ3) is 4.37. The van der Waals surface area contributed by atoms with Gasteiger partial charge in [0.25, 0.3) is 5.91 Å². The fourth-order valence-electron chi connectivity index (χ4n) is 3.61. The summed E-state index contributed by atoms with van der Waals surface area (Å²) in [6, 6.07) is 17.0. The molecule has 5 nitrogen and oxygen atoms in total. The Kier molecular flexibility index (Phi) is 6.37. The van der Waals surface area contributed by atoms with E-state index in [1.165, 1.54) is 22.2 Å². The Hall–Kier alpha value is -2.79. The number of nitrogens with one attached hydrogen (secondary N) is 2. The van der Waals surface area contributed by atoms with Crippen molar-refractivity contribution >= 4 is 22.5 Å². The highest BCUT2D eigenvalue weighted by atomic mass is 16.2. The first-order valence-electron chi connectivity index (χ1n) is 9.95. The molecule has 0 saturated carbocycles. The summed E-state index contributed by atoms with van der Waals surface area (Å²) in [6.45, 7) is 5.38. The van der Waals surface area contributed by atoms with Gasteiger partial charge in [0.1, 0.15) is 0 Å². The molecule has 0 aliphatic rings. The van der Waals surface area contributed by atoms with Gasteiger partial charge in [0, 0.05) is 43.4 Å². The summed E-state index contributed by atoms with van der Waals surface area (Å²) < 4.78 is 0. The molecule has 0 bridgehead atoms. The smallest absolute Gasteiger partial charge is 0.277 e. The van der Waals surface area contributed by atoms with Gasteiger partial charge in [0.05, 0.1) is 12.5 Å². The summed E-state index contributed by atoms with van der Waals surface area (Å²) in [5, 5.41) is 6.29. The topological polar surface area (TPSA) is 64.7 Å². The quantitative estimate of drug-likeness (QED) is 0.563. The van der Waals surface area contributed by atoms with E-state index in [-0.39, 0.29) is 17.9 Å². The van der Waals surface area contributed by atoms with Crippen molar-refractivity contribution in [2.24, 2.45) is 0 Å². The number of benzene rings is 2. The molecule has 28 heavy (non-hydrogen) atoms. The van der Waals surface area contributed by atoms with Crippen LogP contribution in [0.15, 0.2) is 54.7 Å². The van der Waals surface area contributed by atoms with E-state index in [4.69, 9.17) is 0 Å². The molecule has 1 amide bonds. The minimum atomic E-state index is -0.117. The summed E-state index contributed by atoms with van der Waals surface area (Å²) in [5.41, 5.74) is 4.85. The van der Waals surface area contributed by atoms with Crippen LogP contribution in [-0.4, -0.2) is 44.1 Å². The minimum absolute atomic E-state index is 0.0862. The van der Waals surface area contributed by atoms with Gasteiger partial charge >= 0.3 is 0 Å². The van der Waals surface area contributed by atoms with Crippen LogP contribution in [0.3, 0.4) is 0 Å². The average Bonchev–Trinajstić information content (AvgIpc) is 3.12. The van der Waals surface area contributed by atoms with Crippen LogP contribution in [-0.2, 0) is 4.79 Å². The monoisotopic (exact) mass is 379 g/mol. The minimum Gasteiger partial charge on any atom is -0.378 e. The lowest BCUT2D eigenvalue weighted by molar-refractivity contribution is -0.674. The lowest BCUT2D eigenvalue weighted by Crippen LogP contribution is -2.92. The second kappa shape index (κ2) is 8.93. The molecule has 2 aromatic carbocycles. The highest BCUT2D eigenvalue weighted by molar-refractivity contribution is 5.84. The normalized spacial score (nSPS) is 13.3. The van der Waals surface area contributed by atoms with Gasteiger partial charge in [0.15, 0.2) is 6.04 Å². The number of carbonyl (C=O) groups is 1. The Morgan fingerprint density at radius 2 is 1.86 bits per heavy atom. The molecule has 0 spiro atoms. The maximum atomic E-state index is 12.2.